The maximum Gasteiger partial charge on any atom is 0.119 e. The summed E-state index contributed by atoms with van der Waals surface area (Å²) in [5.74, 6) is 0.857. The lowest BCUT2D eigenvalue weighted by molar-refractivity contribution is 0.154. The first kappa shape index (κ1) is 15.0. The van der Waals surface area contributed by atoms with E-state index in [4.69, 9.17) is 10.5 Å². The van der Waals surface area contributed by atoms with Crippen LogP contribution >= 0.6 is 0 Å². The normalized spacial score (nSPS) is 16.4. The summed E-state index contributed by atoms with van der Waals surface area (Å²) >= 11 is 0. The van der Waals surface area contributed by atoms with Crippen molar-refractivity contribution in [1.29, 1.82) is 0 Å². The fraction of sp³-hybridized carbons (Fsp3) is 0.600. The van der Waals surface area contributed by atoms with Crippen molar-refractivity contribution in [3.05, 3.63) is 29.8 Å². The van der Waals surface area contributed by atoms with Gasteiger partial charge in [0.2, 0.25) is 0 Å². The van der Waals surface area contributed by atoms with E-state index in [0.717, 1.165) is 24.4 Å². The third-order valence-corrected chi connectivity index (χ3v) is 3.92. The topological polar surface area (TPSA) is 38.5 Å². The highest BCUT2D eigenvalue weighted by atomic mass is 16.5. The van der Waals surface area contributed by atoms with Crippen LogP contribution in [0.1, 0.15) is 33.3 Å². The number of benzene rings is 1. The Morgan fingerprint density at radius 2 is 1.94 bits per heavy atom. The molecule has 0 heterocycles. The molecule has 102 valence electrons. The van der Waals surface area contributed by atoms with Gasteiger partial charge in [-0.3, -0.25) is 4.90 Å². The van der Waals surface area contributed by atoms with Gasteiger partial charge in [0.15, 0.2) is 0 Å². The van der Waals surface area contributed by atoms with Gasteiger partial charge in [0.1, 0.15) is 5.75 Å². The molecule has 3 nitrogen and oxygen atoms in total. The molecule has 0 spiro atoms. The minimum atomic E-state index is -0.388. The molecule has 1 aromatic carbocycles. The molecule has 2 unspecified atom stereocenters. The Hall–Kier alpha value is -1.06. The summed E-state index contributed by atoms with van der Waals surface area (Å²) in [6.45, 7) is 10.6. The fourth-order valence-electron chi connectivity index (χ4n) is 2.35. The zero-order chi connectivity index (χ0) is 13.8. The molecule has 18 heavy (non-hydrogen) atoms. The van der Waals surface area contributed by atoms with Crippen molar-refractivity contribution >= 4 is 0 Å². The number of hydrogen-bond donors (Lipinski definition) is 1. The van der Waals surface area contributed by atoms with Gasteiger partial charge in [-0.2, -0.15) is 0 Å². The largest absolute Gasteiger partial charge is 0.497 e. The van der Waals surface area contributed by atoms with E-state index >= 15 is 0 Å². The second kappa shape index (κ2) is 6.21. The fourth-order valence-corrected chi connectivity index (χ4v) is 2.35. The van der Waals surface area contributed by atoms with Gasteiger partial charge < -0.3 is 10.5 Å². The van der Waals surface area contributed by atoms with Crippen LogP contribution in [0, 0.1) is 0 Å². The Morgan fingerprint density at radius 1 is 1.33 bits per heavy atom. The average molecular weight is 250 g/mol. The second-order valence-electron chi connectivity index (χ2n) is 4.91. The molecule has 0 aliphatic rings. The predicted octanol–water partition coefficient (Wildman–Crippen LogP) is 2.60. The van der Waals surface area contributed by atoms with Crippen LogP contribution in [0.15, 0.2) is 24.3 Å². The van der Waals surface area contributed by atoms with E-state index in [1.807, 2.05) is 18.2 Å². The molecule has 0 aromatic heterocycles. The Bertz CT molecular complexity index is 373. The van der Waals surface area contributed by atoms with Crippen molar-refractivity contribution < 1.29 is 4.74 Å². The highest BCUT2D eigenvalue weighted by Crippen LogP contribution is 2.27. The van der Waals surface area contributed by atoms with Gasteiger partial charge in [-0.15, -0.1) is 0 Å². The van der Waals surface area contributed by atoms with Gasteiger partial charge in [0.05, 0.1) is 12.6 Å². The molecule has 0 aliphatic carbocycles. The smallest absolute Gasteiger partial charge is 0.119 e. The summed E-state index contributed by atoms with van der Waals surface area (Å²) in [6.07, 6.45) is 0. The summed E-state index contributed by atoms with van der Waals surface area (Å²) in [7, 11) is 1.68. The Labute approximate surface area is 111 Å². The SMILES string of the molecule is CCN(CC)C(C)C(C)(N)c1cccc(OC)c1. The number of ether oxygens (including phenoxy) is 1. The number of nitrogens with two attached hydrogens (primary N) is 1. The molecule has 2 atom stereocenters. The average Bonchev–Trinajstić information content (AvgIpc) is 2.40. The van der Waals surface area contributed by atoms with Gasteiger partial charge in [-0.25, -0.2) is 0 Å². The molecule has 0 saturated heterocycles. The van der Waals surface area contributed by atoms with Gasteiger partial charge in [0.25, 0.3) is 0 Å². The van der Waals surface area contributed by atoms with Gasteiger partial charge in [0, 0.05) is 6.04 Å². The summed E-state index contributed by atoms with van der Waals surface area (Å²) in [5.41, 5.74) is 7.28. The molecule has 3 heteroatoms. The van der Waals surface area contributed by atoms with Gasteiger partial charge >= 0.3 is 0 Å². The highest BCUT2D eigenvalue weighted by molar-refractivity contribution is 5.33. The summed E-state index contributed by atoms with van der Waals surface area (Å²) in [6, 6.07) is 8.32. The lowest BCUT2D eigenvalue weighted by Crippen LogP contribution is -2.52. The van der Waals surface area contributed by atoms with Crippen molar-refractivity contribution in [3.63, 3.8) is 0 Å². The second-order valence-corrected chi connectivity index (χ2v) is 4.91. The summed E-state index contributed by atoms with van der Waals surface area (Å²) in [4.78, 5) is 2.37. The standard InChI is InChI=1S/C15H26N2O/c1-6-17(7-2)12(3)15(4,16)13-9-8-10-14(11-13)18-5/h8-12H,6-7,16H2,1-5H3. The van der Waals surface area contributed by atoms with E-state index in [1.54, 1.807) is 7.11 Å². The number of rotatable bonds is 6. The van der Waals surface area contributed by atoms with E-state index in [9.17, 15) is 0 Å². The van der Waals surface area contributed by atoms with Crippen LogP contribution in [0.4, 0.5) is 0 Å². The molecule has 0 radical (unpaired) electrons. The molecule has 0 aliphatic heterocycles. The van der Waals surface area contributed by atoms with Gasteiger partial charge in [-0.05, 0) is 44.6 Å². The quantitative estimate of drug-likeness (QED) is 0.843. The van der Waals surface area contributed by atoms with Crippen LogP contribution in [-0.4, -0.2) is 31.1 Å². The number of hydrogen-bond acceptors (Lipinski definition) is 3. The van der Waals surface area contributed by atoms with Crippen LogP contribution < -0.4 is 10.5 Å². The van der Waals surface area contributed by atoms with Crippen molar-refractivity contribution in [3.8, 4) is 5.75 Å². The van der Waals surface area contributed by atoms with Crippen LogP contribution in [0.25, 0.3) is 0 Å². The van der Waals surface area contributed by atoms with Crippen molar-refractivity contribution in [2.45, 2.75) is 39.3 Å². The van der Waals surface area contributed by atoms with Crippen molar-refractivity contribution in [2.75, 3.05) is 20.2 Å². The molecule has 0 fully saturated rings. The van der Waals surface area contributed by atoms with Crippen LogP contribution in [-0.2, 0) is 5.54 Å². The molecular formula is C15H26N2O. The number of nitrogens with zero attached hydrogens (tertiary/aromatic N) is 1. The molecule has 1 rings (SSSR count). The number of likely N-dealkylation sites (N-methyl/N-ethyl adjacent to an activating group) is 1. The Balaban J connectivity index is 3.03. The van der Waals surface area contributed by atoms with Crippen LogP contribution in [0.5, 0.6) is 5.75 Å². The maximum atomic E-state index is 6.56. The zero-order valence-electron chi connectivity index (χ0n) is 12.2. The van der Waals surface area contributed by atoms with E-state index < -0.39 is 0 Å². The summed E-state index contributed by atoms with van der Waals surface area (Å²) in [5, 5.41) is 0. The summed E-state index contributed by atoms with van der Waals surface area (Å²) < 4.78 is 5.27. The Morgan fingerprint density at radius 3 is 2.44 bits per heavy atom. The first-order valence-corrected chi connectivity index (χ1v) is 6.64. The van der Waals surface area contributed by atoms with Crippen molar-refractivity contribution in [2.24, 2.45) is 5.73 Å². The molecule has 0 amide bonds. The zero-order valence-corrected chi connectivity index (χ0v) is 12.2. The third kappa shape index (κ3) is 3.03. The minimum Gasteiger partial charge on any atom is -0.497 e. The first-order chi connectivity index (χ1) is 8.47. The van der Waals surface area contributed by atoms with Crippen molar-refractivity contribution in [1.82, 2.24) is 4.90 Å². The molecule has 0 bridgehead atoms. The van der Waals surface area contributed by atoms with E-state index in [0.29, 0.717) is 0 Å². The van der Waals surface area contributed by atoms with E-state index in [1.165, 1.54) is 0 Å². The first-order valence-electron chi connectivity index (χ1n) is 6.64. The van der Waals surface area contributed by atoms with Crippen LogP contribution in [0.2, 0.25) is 0 Å². The third-order valence-electron chi connectivity index (χ3n) is 3.92. The monoisotopic (exact) mass is 250 g/mol. The lowest BCUT2D eigenvalue weighted by atomic mass is 9.85. The maximum absolute atomic E-state index is 6.56. The van der Waals surface area contributed by atoms with Gasteiger partial charge in [-0.1, -0.05) is 26.0 Å². The minimum absolute atomic E-state index is 0.277. The van der Waals surface area contributed by atoms with E-state index in [2.05, 4.69) is 38.7 Å². The molecule has 2 N–H and O–H groups in total. The Kier molecular flexibility index (Phi) is 5.17. The molecule has 0 saturated carbocycles. The lowest BCUT2D eigenvalue weighted by Gasteiger charge is -2.39. The molecular weight excluding hydrogens is 224 g/mol. The molecule has 1 aromatic rings. The highest BCUT2D eigenvalue weighted by Gasteiger charge is 2.31. The number of methoxy groups -OCH3 is 1. The van der Waals surface area contributed by atoms with Crippen LogP contribution in [0.3, 0.4) is 0 Å². The predicted molar refractivity (Wildman–Crippen MR) is 76.9 cm³/mol. The van der Waals surface area contributed by atoms with E-state index in [-0.39, 0.29) is 11.6 Å².